The van der Waals surface area contributed by atoms with Crippen LogP contribution in [0.25, 0.3) is 10.9 Å². The van der Waals surface area contributed by atoms with Gasteiger partial charge in [-0.3, -0.25) is 0 Å². The standard InChI is InChI=1S/C14H21N3/c1-11(15)7-8-16-9-12-10-17(2)14-6-4-3-5-13(12)14/h3-6,10-11,16H,7-9,15H2,1-2H3. The third-order valence-corrected chi connectivity index (χ3v) is 3.07. The summed E-state index contributed by atoms with van der Waals surface area (Å²) in [6.45, 7) is 3.93. The average Bonchev–Trinajstić information content (AvgIpc) is 2.63. The average molecular weight is 231 g/mol. The summed E-state index contributed by atoms with van der Waals surface area (Å²) in [6.07, 6.45) is 3.22. The summed E-state index contributed by atoms with van der Waals surface area (Å²) in [5.41, 5.74) is 8.37. The highest BCUT2D eigenvalue weighted by atomic mass is 14.9. The fraction of sp³-hybridized carbons (Fsp3) is 0.429. The number of hydrogen-bond acceptors (Lipinski definition) is 2. The first-order chi connectivity index (χ1) is 8.18. The lowest BCUT2D eigenvalue weighted by atomic mass is 10.2. The van der Waals surface area contributed by atoms with Crippen molar-refractivity contribution in [2.75, 3.05) is 6.54 Å². The van der Waals surface area contributed by atoms with Gasteiger partial charge in [0.05, 0.1) is 0 Å². The van der Waals surface area contributed by atoms with Gasteiger partial charge < -0.3 is 15.6 Å². The first kappa shape index (κ1) is 12.1. The van der Waals surface area contributed by atoms with Crippen LogP contribution >= 0.6 is 0 Å². The van der Waals surface area contributed by atoms with E-state index in [1.54, 1.807) is 0 Å². The van der Waals surface area contributed by atoms with E-state index in [1.165, 1.54) is 16.5 Å². The number of para-hydroxylation sites is 1. The second kappa shape index (κ2) is 5.34. The Bertz CT molecular complexity index is 485. The highest BCUT2D eigenvalue weighted by Gasteiger charge is 2.04. The van der Waals surface area contributed by atoms with Crippen LogP contribution in [0.3, 0.4) is 0 Å². The first-order valence-corrected chi connectivity index (χ1v) is 6.17. The molecule has 0 fully saturated rings. The van der Waals surface area contributed by atoms with Crippen LogP contribution in [0.1, 0.15) is 18.9 Å². The third kappa shape index (κ3) is 2.87. The summed E-state index contributed by atoms with van der Waals surface area (Å²) in [5.74, 6) is 0. The molecule has 0 saturated heterocycles. The minimum absolute atomic E-state index is 0.273. The van der Waals surface area contributed by atoms with E-state index in [4.69, 9.17) is 5.73 Å². The maximum Gasteiger partial charge on any atom is 0.0481 e. The number of nitrogens with zero attached hydrogens (tertiary/aromatic N) is 1. The highest BCUT2D eigenvalue weighted by Crippen LogP contribution is 2.19. The lowest BCUT2D eigenvalue weighted by Gasteiger charge is -2.06. The van der Waals surface area contributed by atoms with Crippen LogP contribution in [-0.4, -0.2) is 17.2 Å². The van der Waals surface area contributed by atoms with Crippen molar-refractivity contribution >= 4 is 10.9 Å². The molecule has 1 unspecified atom stereocenters. The number of hydrogen-bond donors (Lipinski definition) is 2. The summed E-state index contributed by atoms with van der Waals surface area (Å²) in [6, 6.07) is 8.78. The van der Waals surface area contributed by atoms with E-state index in [0.717, 1.165) is 19.5 Å². The molecule has 1 aromatic carbocycles. The van der Waals surface area contributed by atoms with Crippen LogP contribution in [0.5, 0.6) is 0 Å². The van der Waals surface area contributed by atoms with Crippen molar-refractivity contribution in [3.05, 3.63) is 36.0 Å². The fourth-order valence-electron chi connectivity index (χ4n) is 2.12. The van der Waals surface area contributed by atoms with Crippen LogP contribution in [0.15, 0.2) is 30.5 Å². The monoisotopic (exact) mass is 231 g/mol. The van der Waals surface area contributed by atoms with Crippen molar-refractivity contribution in [1.29, 1.82) is 0 Å². The number of fused-ring (bicyclic) bond motifs is 1. The molecule has 1 aromatic heterocycles. The molecule has 0 aliphatic rings. The Hall–Kier alpha value is -1.32. The van der Waals surface area contributed by atoms with E-state index in [-0.39, 0.29) is 6.04 Å². The molecular weight excluding hydrogens is 210 g/mol. The maximum atomic E-state index is 5.72. The van der Waals surface area contributed by atoms with Crippen molar-refractivity contribution in [2.24, 2.45) is 12.8 Å². The van der Waals surface area contributed by atoms with E-state index >= 15 is 0 Å². The van der Waals surface area contributed by atoms with Crippen LogP contribution < -0.4 is 11.1 Å². The van der Waals surface area contributed by atoms with Gasteiger partial charge in [0.1, 0.15) is 0 Å². The summed E-state index contributed by atoms with van der Waals surface area (Å²) >= 11 is 0. The second-order valence-corrected chi connectivity index (χ2v) is 4.73. The van der Waals surface area contributed by atoms with E-state index in [1.807, 2.05) is 6.92 Å². The largest absolute Gasteiger partial charge is 0.350 e. The lowest BCUT2D eigenvalue weighted by Crippen LogP contribution is -2.23. The smallest absolute Gasteiger partial charge is 0.0481 e. The van der Waals surface area contributed by atoms with Crippen molar-refractivity contribution in [3.63, 3.8) is 0 Å². The fourth-order valence-corrected chi connectivity index (χ4v) is 2.12. The lowest BCUT2D eigenvalue weighted by molar-refractivity contribution is 0.589. The SMILES string of the molecule is CC(N)CCNCc1cn(C)c2ccccc12. The van der Waals surface area contributed by atoms with Gasteiger partial charge in [0.25, 0.3) is 0 Å². The van der Waals surface area contributed by atoms with E-state index in [9.17, 15) is 0 Å². The Balaban J connectivity index is 2.04. The quantitative estimate of drug-likeness (QED) is 0.773. The molecule has 0 spiro atoms. The minimum Gasteiger partial charge on any atom is -0.350 e. The van der Waals surface area contributed by atoms with Gasteiger partial charge in [0.2, 0.25) is 0 Å². The Kier molecular flexibility index (Phi) is 3.82. The normalized spacial score (nSPS) is 13.1. The van der Waals surface area contributed by atoms with Gasteiger partial charge in [-0.05, 0) is 31.5 Å². The van der Waals surface area contributed by atoms with Crippen LogP contribution in [-0.2, 0) is 13.6 Å². The van der Waals surface area contributed by atoms with Crippen LogP contribution in [0.4, 0.5) is 0 Å². The van der Waals surface area contributed by atoms with Crippen molar-refractivity contribution in [2.45, 2.75) is 25.9 Å². The highest BCUT2D eigenvalue weighted by molar-refractivity contribution is 5.83. The molecule has 17 heavy (non-hydrogen) atoms. The molecule has 0 aliphatic heterocycles. The summed E-state index contributed by atoms with van der Waals surface area (Å²) in [5, 5.41) is 4.78. The molecule has 92 valence electrons. The molecule has 0 amide bonds. The van der Waals surface area contributed by atoms with Crippen molar-refractivity contribution < 1.29 is 0 Å². The van der Waals surface area contributed by atoms with E-state index in [2.05, 4.69) is 47.4 Å². The zero-order chi connectivity index (χ0) is 12.3. The zero-order valence-electron chi connectivity index (χ0n) is 10.6. The molecule has 2 rings (SSSR count). The number of aromatic nitrogens is 1. The maximum absolute atomic E-state index is 5.72. The zero-order valence-corrected chi connectivity index (χ0v) is 10.6. The van der Waals surface area contributed by atoms with Gasteiger partial charge in [0.15, 0.2) is 0 Å². The van der Waals surface area contributed by atoms with Gasteiger partial charge in [-0.15, -0.1) is 0 Å². The Morgan fingerprint density at radius 2 is 2.12 bits per heavy atom. The molecular formula is C14H21N3. The molecule has 1 heterocycles. The Labute approximate surface area is 103 Å². The van der Waals surface area contributed by atoms with Crippen molar-refractivity contribution in [3.8, 4) is 0 Å². The number of benzene rings is 1. The van der Waals surface area contributed by atoms with Gasteiger partial charge in [-0.1, -0.05) is 18.2 Å². The van der Waals surface area contributed by atoms with Gasteiger partial charge >= 0.3 is 0 Å². The molecule has 3 heteroatoms. The predicted molar refractivity (Wildman–Crippen MR) is 72.9 cm³/mol. The third-order valence-electron chi connectivity index (χ3n) is 3.07. The number of aryl methyl sites for hydroxylation is 1. The predicted octanol–water partition coefficient (Wildman–Crippen LogP) is 2.01. The molecule has 1 atom stereocenters. The van der Waals surface area contributed by atoms with Gasteiger partial charge in [-0.2, -0.15) is 0 Å². The number of rotatable bonds is 5. The topological polar surface area (TPSA) is 43.0 Å². The van der Waals surface area contributed by atoms with Crippen LogP contribution in [0, 0.1) is 0 Å². The molecule has 2 aromatic rings. The van der Waals surface area contributed by atoms with Gasteiger partial charge in [-0.25, -0.2) is 0 Å². The summed E-state index contributed by atoms with van der Waals surface area (Å²) < 4.78 is 2.18. The Morgan fingerprint density at radius 1 is 1.35 bits per heavy atom. The minimum atomic E-state index is 0.273. The number of nitrogens with two attached hydrogens (primary N) is 1. The van der Waals surface area contributed by atoms with Gasteiger partial charge in [0, 0.05) is 36.7 Å². The summed E-state index contributed by atoms with van der Waals surface area (Å²) in [4.78, 5) is 0. The second-order valence-electron chi connectivity index (χ2n) is 4.73. The molecule has 0 bridgehead atoms. The van der Waals surface area contributed by atoms with Crippen LogP contribution in [0.2, 0.25) is 0 Å². The molecule has 0 radical (unpaired) electrons. The van der Waals surface area contributed by atoms with E-state index < -0.39 is 0 Å². The molecule has 0 aliphatic carbocycles. The summed E-state index contributed by atoms with van der Waals surface area (Å²) in [7, 11) is 2.09. The number of nitrogens with one attached hydrogen (secondary N) is 1. The Morgan fingerprint density at radius 3 is 2.88 bits per heavy atom. The molecule has 3 nitrogen and oxygen atoms in total. The molecule has 3 N–H and O–H groups in total. The van der Waals surface area contributed by atoms with Crippen molar-refractivity contribution in [1.82, 2.24) is 9.88 Å². The van der Waals surface area contributed by atoms with E-state index in [0.29, 0.717) is 0 Å². The first-order valence-electron chi connectivity index (χ1n) is 6.17. The molecule has 0 saturated carbocycles.